The van der Waals surface area contributed by atoms with E-state index in [2.05, 4.69) is 0 Å². The van der Waals surface area contributed by atoms with Gasteiger partial charge in [-0.1, -0.05) is 48.5 Å². The highest BCUT2D eigenvalue weighted by Gasteiger charge is 1.96. The van der Waals surface area contributed by atoms with Crippen LogP contribution in [0.25, 0.3) is 0 Å². The Balaban J connectivity index is 0.000000200. The van der Waals surface area contributed by atoms with Crippen LogP contribution in [0.1, 0.15) is 31.8 Å². The third-order valence-electron chi connectivity index (χ3n) is 2.71. The Labute approximate surface area is 117 Å². The van der Waals surface area contributed by atoms with E-state index in [-0.39, 0.29) is 13.2 Å². The van der Waals surface area contributed by atoms with Crippen molar-refractivity contribution < 1.29 is 19.8 Å². The Hall–Kier alpha value is -2.30. The van der Waals surface area contributed by atoms with Gasteiger partial charge in [-0.25, -0.2) is 0 Å². The van der Waals surface area contributed by atoms with E-state index in [0.717, 1.165) is 11.1 Å². The lowest BCUT2D eigenvalue weighted by atomic mass is 10.1. The highest BCUT2D eigenvalue weighted by molar-refractivity contribution is 5.89. The van der Waals surface area contributed by atoms with Gasteiger partial charge in [0, 0.05) is 11.1 Å². The van der Waals surface area contributed by atoms with E-state index in [0.29, 0.717) is 23.7 Å². The van der Waals surface area contributed by atoms with Crippen molar-refractivity contribution in [3.05, 3.63) is 70.8 Å². The molecule has 0 aliphatic heterocycles. The predicted molar refractivity (Wildman–Crippen MR) is 75.5 cm³/mol. The van der Waals surface area contributed by atoms with Crippen molar-refractivity contribution in [2.45, 2.75) is 13.2 Å². The first-order chi connectivity index (χ1) is 9.76. The summed E-state index contributed by atoms with van der Waals surface area (Å²) < 4.78 is 0. The van der Waals surface area contributed by atoms with Crippen molar-refractivity contribution >= 4 is 12.6 Å². The van der Waals surface area contributed by atoms with Gasteiger partial charge in [0.2, 0.25) is 0 Å². The normalized spacial score (nSPS) is 9.30. The lowest BCUT2D eigenvalue weighted by Gasteiger charge is -2.01. The number of carbonyl (C=O) groups excluding carboxylic acids is 2. The van der Waals surface area contributed by atoms with E-state index in [9.17, 15) is 9.59 Å². The van der Waals surface area contributed by atoms with Gasteiger partial charge in [0.15, 0.2) is 12.6 Å². The first-order valence-electron chi connectivity index (χ1n) is 6.04. The smallest absolute Gasteiger partial charge is 0.150 e. The van der Waals surface area contributed by atoms with Crippen molar-refractivity contribution in [1.82, 2.24) is 0 Å². The fourth-order valence-corrected chi connectivity index (χ4v) is 1.59. The quantitative estimate of drug-likeness (QED) is 0.835. The number of hydrogen-bond donors (Lipinski definition) is 2. The Morgan fingerprint density at radius 2 is 1.05 bits per heavy atom. The number of carbonyl (C=O) groups is 2. The zero-order valence-electron chi connectivity index (χ0n) is 10.9. The van der Waals surface area contributed by atoms with Gasteiger partial charge in [-0.05, 0) is 11.1 Å². The fourth-order valence-electron chi connectivity index (χ4n) is 1.59. The predicted octanol–water partition coefficient (Wildman–Crippen LogP) is 1.98. The molecule has 20 heavy (non-hydrogen) atoms. The summed E-state index contributed by atoms with van der Waals surface area (Å²) in [7, 11) is 0. The van der Waals surface area contributed by atoms with Crippen molar-refractivity contribution in [1.29, 1.82) is 0 Å². The summed E-state index contributed by atoms with van der Waals surface area (Å²) in [5.41, 5.74) is 2.48. The SMILES string of the molecule is O=Cc1ccccc1C=O.OCc1ccccc1CO. The van der Waals surface area contributed by atoms with Crippen molar-refractivity contribution in [2.75, 3.05) is 0 Å². The second kappa shape index (κ2) is 8.74. The molecule has 4 heteroatoms. The Bertz CT molecular complexity index is 514. The minimum absolute atomic E-state index is 0.00324. The van der Waals surface area contributed by atoms with Crippen molar-refractivity contribution in [3.63, 3.8) is 0 Å². The van der Waals surface area contributed by atoms with Crippen LogP contribution >= 0.6 is 0 Å². The molecule has 0 fully saturated rings. The Kier molecular flexibility index (Phi) is 6.89. The molecule has 0 radical (unpaired) electrons. The highest BCUT2D eigenvalue weighted by Crippen LogP contribution is 2.07. The van der Waals surface area contributed by atoms with E-state index in [4.69, 9.17) is 10.2 Å². The molecular formula is C16H16O4. The standard InChI is InChI=1S/C8H10O2.C8H6O2/c2*9-5-7-3-1-2-4-8(7)6-10/h1-4,9-10H,5-6H2;1-6H. The molecule has 0 spiro atoms. The summed E-state index contributed by atoms with van der Waals surface area (Å²) in [4.78, 5) is 20.5. The van der Waals surface area contributed by atoms with Gasteiger partial charge < -0.3 is 10.2 Å². The van der Waals surface area contributed by atoms with Crippen LogP contribution in [-0.2, 0) is 13.2 Å². The summed E-state index contributed by atoms with van der Waals surface area (Å²) in [5.74, 6) is 0. The van der Waals surface area contributed by atoms with E-state index in [1.54, 1.807) is 36.4 Å². The van der Waals surface area contributed by atoms with Gasteiger partial charge in [0.05, 0.1) is 13.2 Å². The molecule has 0 aromatic heterocycles. The van der Waals surface area contributed by atoms with Crippen LogP contribution in [0.15, 0.2) is 48.5 Å². The molecule has 0 saturated heterocycles. The topological polar surface area (TPSA) is 74.6 Å². The van der Waals surface area contributed by atoms with Crippen LogP contribution in [0.2, 0.25) is 0 Å². The lowest BCUT2D eigenvalue weighted by Crippen LogP contribution is -1.91. The molecule has 2 rings (SSSR count). The van der Waals surface area contributed by atoms with Crippen LogP contribution in [0.5, 0.6) is 0 Å². The Morgan fingerprint density at radius 3 is 1.35 bits per heavy atom. The summed E-state index contributed by atoms with van der Waals surface area (Å²) in [6, 6.07) is 13.9. The highest BCUT2D eigenvalue weighted by atomic mass is 16.3. The largest absolute Gasteiger partial charge is 0.392 e. The molecule has 0 bridgehead atoms. The number of aliphatic hydroxyl groups excluding tert-OH is 2. The summed E-state index contributed by atoms with van der Waals surface area (Å²) in [5, 5.41) is 17.5. The third-order valence-corrected chi connectivity index (χ3v) is 2.71. The molecule has 0 unspecified atom stereocenters. The zero-order valence-corrected chi connectivity index (χ0v) is 10.9. The molecule has 4 nitrogen and oxygen atoms in total. The number of benzene rings is 2. The molecule has 0 atom stereocenters. The number of aliphatic hydroxyl groups is 2. The maximum absolute atomic E-state index is 10.2. The van der Waals surface area contributed by atoms with Crippen molar-refractivity contribution in [2.24, 2.45) is 0 Å². The van der Waals surface area contributed by atoms with Gasteiger partial charge in [0.25, 0.3) is 0 Å². The average Bonchev–Trinajstić information content (AvgIpc) is 2.55. The van der Waals surface area contributed by atoms with E-state index >= 15 is 0 Å². The molecule has 0 saturated carbocycles. The van der Waals surface area contributed by atoms with Crippen LogP contribution in [0.3, 0.4) is 0 Å². The first kappa shape index (κ1) is 15.8. The van der Waals surface area contributed by atoms with Gasteiger partial charge in [-0.2, -0.15) is 0 Å². The summed E-state index contributed by atoms with van der Waals surface area (Å²) in [6.07, 6.45) is 1.34. The second-order valence-corrected chi connectivity index (χ2v) is 3.95. The van der Waals surface area contributed by atoms with E-state index in [1.807, 2.05) is 12.1 Å². The average molecular weight is 272 g/mol. The molecular weight excluding hydrogens is 256 g/mol. The molecule has 104 valence electrons. The molecule has 0 amide bonds. The van der Waals surface area contributed by atoms with Gasteiger partial charge in [-0.3, -0.25) is 9.59 Å². The minimum atomic E-state index is -0.00324. The Morgan fingerprint density at radius 1 is 0.700 bits per heavy atom. The van der Waals surface area contributed by atoms with Gasteiger partial charge in [0.1, 0.15) is 0 Å². The third kappa shape index (κ3) is 4.42. The van der Waals surface area contributed by atoms with E-state index < -0.39 is 0 Å². The number of rotatable bonds is 4. The van der Waals surface area contributed by atoms with Crippen LogP contribution in [0, 0.1) is 0 Å². The maximum Gasteiger partial charge on any atom is 0.150 e. The lowest BCUT2D eigenvalue weighted by molar-refractivity contribution is 0.109. The molecule has 2 N–H and O–H groups in total. The van der Waals surface area contributed by atoms with E-state index in [1.165, 1.54) is 0 Å². The summed E-state index contributed by atoms with van der Waals surface area (Å²) >= 11 is 0. The number of aldehydes is 2. The van der Waals surface area contributed by atoms with Crippen molar-refractivity contribution in [3.8, 4) is 0 Å². The monoisotopic (exact) mass is 272 g/mol. The van der Waals surface area contributed by atoms with Crippen LogP contribution in [-0.4, -0.2) is 22.8 Å². The number of hydrogen-bond acceptors (Lipinski definition) is 4. The molecule has 2 aromatic carbocycles. The van der Waals surface area contributed by atoms with Crippen LogP contribution < -0.4 is 0 Å². The molecule has 0 heterocycles. The maximum atomic E-state index is 10.2. The molecule has 2 aromatic rings. The molecule has 0 aliphatic rings. The fraction of sp³-hybridized carbons (Fsp3) is 0.125. The zero-order chi connectivity index (χ0) is 14.8. The van der Waals surface area contributed by atoms with Gasteiger partial charge in [-0.15, -0.1) is 0 Å². The van der Waals surface area contributed by atoms with Crippen LogP contribution in [0.4, 0.5) is 0 Å². The van der Waals surface area contributed by atoms with Gasteiger partial charge >= 0.3 is 0 Å². The first-order valence-corrected chi connectivity index (χ1v) is 6.04. The summed E-state index contributed by atoms with van der Waals surface area (Å²) in [6.45, 7) is -0.00648. The second-order valence-electron chi connectivity index (χ2n) is 3.95. The molecule has 0 aliphatic carbocycles. The minimum Gasteiger partial charge on any atom is -0.392 e.